The molecule has 1 aromatic rings. The maximum absolute atomic E-state index is 11.7. The number of carbonyl (C=O) groups excluding carboxylic acids is 1. The van der Waals surface area contributed by atoms with Gasteiger partial charge in [0, 0.05) is 43.8 Å². The predicted molar refractivity (Wildman–Crippen MR) is 89.4 cm³/mol. The molecule has 0 unspecified atom stereocenters. The Morgan fingerprint density at radius 2 is 2.09 bits per heavy atom. The Morgan fingerprint density at radius 1 is 1.32 bits per heavy atom. The molecular weight excluding hydrogens is 298 g/mol. The molecule has 0 spiro atoms. The molecule has 2 heterocycles. The fourth-order valence-corrected chi connectivity index (χ4v) is 3.75. The monoisotopic (exact) mass is 321 g/mol. The Bertz CT molecular complexity index is 528. The molecule has 0 radical (unpaired) electrons. The Balaban J connectivity index is 1.50. The van der Waals surface area contributed by atoms with E-state index in [-0.39, 0.29) is 6.03 Å². The van der Waals surface area contributed by atoms with Gasteiger partial charge in [0.05, 0.1) is 0 Å². The van der Waals surface area contributed by atoms with Crippen molar-refractivity contribution in [3.05, 3.63) is 34.9 Å². The van der Waals surface area contributed by atoms with Crippen molar-refractivity contribution in [1.29, 1.82) is 0 Å². The van der Waals surface area contributed by atoms with Crippen LogP contribution in [-0.2, 0) is 0 Å². The van der Waals surface area contributed by atoms with Crippen molar-refractivity contribution in [2.24, 2.45) is 0 Å². The summed E-state index contributed by atoms with van der Waals surface area (Å²) >= 11 is 6.08. The maximum atomic E-state index is 11.7. The molecule has 5 heteroatoms. The van der Waals surface area contributed by atoms with Crippen molar-refractivity contribution in [2.75, 3.05) is 32.7 Å². The third kappa shape index (κ3) is 3.55. The number of nitrogens with zero attached hydrogens (tertiary/aromatic N) is 2. The van der Waals surface area contributed by atoms with E-state index in [9.17, 15) is 4.79 Å². The predicted octanol–water partition coefficient (Wildman–Crippen LogP) is 2.93. The average Bonchev–Trinajstić information content (AvgIpc) is 2.94. The second-order valence-electron chi connectivity index (χ2n) is 6.41. The second kappa shape index (κ2) is 6.88. The summed E-state index contributed by atoms with van der Waals surface area (Å²) in [5.41, 5.74) is 1.30. The smallest absolute Gasteiger partial charge is 0.317 e. The Hall–Kier alpha value is -1.26. The van der Waals surface area contributed by atoms with Crippen LogP contribution in [0, 0.1) is 0 Å². The van der Waals surface area contributed by atoms with E-state index in [2.05, 4.69) is 29.3 Å². The second-order valence-corrected chi connectivity index (χ2v) is 6.85. The van der Waals surface area contributed by atoms with Gasteiger partial charge in [-0.2, -0.15) is 0 Å². The van der Waals surface area contributed by atoms with E-state index in [1.807, 2.05) is 17.0 Å². The normalized spacial score (nSPS) is 21.9. The van der Waals surface area contributed by atoms with Crippen LogP contribution in [0.1, 0.15) is 31.2 Å². The summed E-state index contributed by atoms with van der Waals surface area (Å²) in [5.74, 6) is 0.477. The minimum atomic E-state index is 0.116. The molecule has 1 atom stereocenters. The van der Waals surface area contributed by atoms with Gasteiger partial charge in [-0.25, -0.2) is 4.79 Å². The fourth-order valence-electron chi connectivity index (χ4n) is 3.55. The Labute approximate surface area is 137 Å². The number of benzene rings is 1. The SMILES string of the molecule is C[C@@H](CN1CCC(N2CCNC2=O)CC1)c1cccc(Cl)c1. The molecule has 4 nitrogen and oxygen atoms in total. The zero-order chi connectivity index (χ0) is 15.5. The molecule has 1 aromatic carbocycles. The van der Waals surface area contributed by atoms with Crippen LogP contribution in [-0.4, -0.2) is 54.6 Å². The number of amides is 2. The minimum absolute atomic E-state index is 0.116. The number of urea groups is 1. The van der Waals surface area contributed by atoms with Gasteiger partial charge in [0.1, 0.15) is 0 Å². The number of carbonyl (C=O) groups is 1. The van der Waals surface area contributed by atoms with E-state index in [0.29, 0.717) is 12.0 Å². The minimum Gasteiger partial charge on any atom is -0.336 e. The number of likely N-dealkylation sites (tertiary alicyclic amines) is 1. The molecule has 0 aromatic heterocycles. The number of piperidine rings is 1. The van der Waals surface area contributed by atoms with Gasteiger partial charge in [-0.15, -0.1) is 0 Å². The first kappa shape index (κ1) is 15.6. The number of hydrogen-bond donors (Lipinski definition) is 1. The van der Waals surface area contributed by atoms with E-state index >= 15 is 0 Å². The van der Waals surface area contributed by atoms with Gasteiger partial charge in [-0.05, 0) is 36.5 Å². The zero-order valence-corrected chi connectivity index (χ0v) is 13.9. The number of halogens is 1. The van der Waals surface area contributed by atoms with Gasteiger partial charge in [-0.3, -0.25) is 0 Å². The van der Waals surface area contributed by atoms with Gasteiger partial charge < -0.3 is 15.1 Å². The lowest BCUT2D eigenvalue weighted by Gasteiger charge is -2.37. The third-order valence-corrected chi connectivity index (χ3v) is 5.07. The topological polar surface area (TPSA) is 35.6 Å². The molecule has 0 bridgehead atoms. The lowest BCUT2D eigenvalue weighted by atomic mass is 9.98. The van der Waals surface area contributed by atoms with Gasteiger partial charge >= 0.3 is 6.03 Å². The van der Waals surface area contributed by atoms with Gasteiger partial charge in [-0.1, -0.05) is 30.7 Å². The summed E-state index contributed by atoms with van der Waals surface area (Å²) in [6.45, 7) is 7.11. The van der Waals surface area contributed by atoms with E-state index in [0.717, 1.165) is 50.6 Å². The average molecular weight is 322 g/mol. The van der Waals surface area contributed by atoms with Crippen LogP contribution in [0.2, 0.25) is 5.02 Å². The number of nitrogens with one attached hydrogen (secondary N) is 1. The highest BCUT2D eigenvalue weighted by molar-refractivity contribution is 6.30. The fraction of sp³-hybridized carbons (Fsp3) is 0.588. The molecule has 0 aliphatic carbocycles. The van der Waals surface area contributed by atoms with Crippen LogP contribution in [0.15, 0.2) is 24.3 Å². The van der Waals surface area contributed by atoms with Crippen LogP contribution in [0.4, 0.5) is 4.79 Å². The van der Waals surface area contributed by atoms with Crippen LogP contribution in [0.5, 0.6) is 0 Å². The molecule has 22 heavy (non-hydrogen) atoms. The summed E-state index contributed by atoms with van der Waals surface area (Å²) in [4.78, 5) is 16.3. The number of hydrogen-bond acceptors (Lipinski definition) is 2. The molecule has 2 aliphatic rings. The van der Waals surface area contributed by atoms with Crippen molar-refractivity contribution in [3.8, 4) is 0 Å². The summed E-state index contributed by atoms with van der Waals surface area (Å²) in [7, 11) is 0. The third-order valence-electron chi connectivity index (χ3n) is 4.84. The first-order chi connectivity index (χ1) is 10.6. The first-order valence-corrected chi connectivity index (χ1v) is 8.53. The summed E-state index contributed by atoms with van der Waals surface area (Å²) in [6.07, 6.45) is 2.16. The van der Waals surface area contributed by atoms with Crippen molar-refractivity contribution >= 4 is 17.6 Å². The van der Waals surface area contributed by atoms with Crippen molar-refractivity contribution < 1.29 is 4.79 Å². The molecule has 2 amide bonds. The van der Waals surface area contributed by atoms with E-state index in [4.69, 9.17) is 11.6 Å². The van der Waals surface area contributed by atoms with Crippen LogP contribution in [0.3, 0.4) is 0 Å². The molecule has 120 valence electrons. The first-order valence-electron chi connectivity index (χ1n) is 8.16. The molecule has 3 rings (SSSR count). The molecule has 2 fully saturated rings. The van der Waals surface area contributed by atoms with Crippen molar-refractivity contribution in [1.82, 2.24) is 15.1 Å². The molecular formula is C17H24ClN3O. The van der Waals surface area contributed by atoms with Gasteiger partial charge in [0.25, 0.3) is 0 Å². The standard InChI is InChI=1S/C17H24ClN3O/c1-13(14-3-2-4-15(18)11-14)12-20-8-5-16(6-9-20)21-10-7-19-17(21)22/h2-4,11,13,16H,5-10,12H2,1H3,(H,19,22)/t13-/m0/s1. The van der Waals surface area contributed by atoms with Gasteiger partial charge in [0.15, 0.2) is 0 Å². The lowest BCUT2D eigenvalue weighted by molar-refractivity contribution is 0.133. The molecule has 1 N–H and O–H groups in total. The van der Waals surface area contributed by atoms with E-state index in [1.54, 1.807) is 0 Å². The maximum Gasteiger partial charge on any atom is 0.317 e. The summed E-state index contributed by atoms with van der Waals surface area (Å²) in [6, 6.07) is 8.69. The number of rotatable bonds is 4. The van der Waals surface area contributed by atoms with Gasteiger partial charge in [0.2, 0.25) is 0 Å². The molecule has 2 saturated heterocycles. The lowest BCUT2D eigenvalue weighted by Crippen LogP contribution is -2.46. The molecule has 0 saturated carbocycles. The zero-order valence-electron chi connectivity index (χ0n) is 13.1. The summed E-state index contributed by atoms with van der Waals surface area (Å²) < 4.78 is 0. The summed E-state index contributed by atoms with van der Waals surface area (Å²) in [5, 5.41) is 3.71. The van der Waals surface area contributed by atoms with Crippen LogP contribution >= 0.6 is 11.6 Å². The van der Waals surface area contributed by atoms with Crippen LogP contribution in [0.25, 0.3) is 0 Å². The van der Waals surface area contributed by atoms with E-state index < -0.39 is 0 Å². The highest BCUT2D eigenvalue weighted by Crippen LogP contribution is 2.23. The quantitative estimate of drug-likeness (QED) is 0.925. The van der Waals surface area contributed by atoms with Crippen LogP contribution < -0.4 is 5.32 Å². The highest BCUT2D eigenvalue weighted by atomic mass is 35.5. The Morgan fingerprint density at radius 3 is 2.73 bits per heavy atom. The van der Waals surface area contributed by atoms with Crippen molar-refractivity contribution in [3.63, 3.8) is 0 Å². The largest absolute Gasteiger partial charge is 0.336 e. The highest BCUT2D eigenvalue weighted by Gasteiger charge is 2.30. The molecule has 2 aliphatic heterocycles. The Kier molecular flexibility index (Phi) is 4.89. The van der Waals surface area contributed by atoms with E-state index in [1.165, 1.54) is 5.56 Å². The van der Waals surface area contributed by atoms with Crippen molar-refractivity contribution in [2.45, 2.75) is 31.7 Å².